The highest BCUT2D eigenvalue weighted by atomic mass is 16.5. The minimum Gasteiger partial charge on any atom is -0.480 e. The van der Waals surface area contributed by atoms with Gasteiger partial charge in [0.25, 0.3) is 5.91 Å². The topological polar surface area (TPSA) is 97.6 Å². The Morgan fingerprint density at radius 3 is 2.63 bits per heavy atom. The zero-order chi connectivity index (χ0) is 14.4. The average Bonchev–Trinajstić information content (AvgIpc) is 2.79. The number of hydrogen-bond acceptors (Lipinski definition) is 4. The summed E-state index contributed by atoms with van der Waals surface area (Å²) in [6.45, 7) is 0. The molecule has 0 aliphatic heterocycles. The molecular weight excluding hydrogens is 252 g/mol. The van der Waals surface area contributed by atoms with E-state index in [0.29, 0.717) is 5.69 Å². The number of esters is 1. The number of ether oxygens (including phenoxy) is 1. The van der Waals surface area contributed by atoms with E-state index in [0.717, 1.165) is 0 Å². The molecule has 0 fully saturated rings. The fourth-order valence-electron chi connectivity index (χ4n) is 1.55. The van der Waals surface area contributed by atoms with E-state index in [2.05, 4.69) is 10.1 Å². The maximum absolute atomic E-state index is 11.8. The molecular formula is C12H16N2O5. The Bertz CT molecular complexity index is 480. The fraction of sp³-hybridized carbons (Fsp3) is 0.417. The lowest BCUT2D eigenvalue weighted by molar-refractivity contribution is -0.142. The predicted octanol–water partition coefficient (Wildman–Crippen LogP) is 0.161. The van der Waals surface area contributed by atoms with Crippen LogP contribution in [0, 0.1) is 0 Å². The van der Waals surface area contributed by atoms with E-state index in [1.165, 1.54) is 7.11 Å². The maximum Gasteiger partial charge on any atom is 0.326 e. The summed E-state index contributed by atoms with van der Waals surface area (Å²) in [7, 11) is 2.90. The van der Waals surface area contributed by atoms with Crippen LogP contribution in [0.1, 0.15) is 23.3 Å². The van der Waals surface area contributed by atoms with Gasteiger partial charge in [-0.25, -0.2) is 4.79 Å². The molecule has 0 aromatic carbocycles. The van der Waals surface area contributed by atoms with Crippen molar-refractivity contribution in [2.45, 2.75) is 18.9 Å². The number of carbonyl (C=O) groups is 3. The highest BCUT2D eigenvalue weighted by Crippen LogP contribution is 2.04. The first-order valence-electron chi connectivity index (χ1n) is 5.67. The molecule has 1 unspecified atom stereocenters. The molecule has 0 spiro atoms. The van der Waals surface area contributed by atoms with E-state index in [9.17, 15) is 14.4 Å². The number of aryl methyl sites for hydroxylation is 1. The van der Waals surface area contributed by atoms with E-state index < -0.39 is 23.9 Å². The summed E-state index contributed by atoms with van der Waals surface area (Å²) in [6, 6.07) is 2.13. The minimum atomic E-state index is -1.19. The Morgan fingerprint density at radius 1 is 1.47 bits per heavy atom. The smallest absolute Gasteiger partial charge is 0.326 e. The molecule has 0 aliphatic carbocycles. The molecule has 2 N–H and O–H groups in total. The zero-order valence-electron chi connectivity index (χ0n) is 10.8. The van der Waals surface area contributed by atoms with Crippen LogP contribution in [0.5, 0.6) is 0 Å². The fourth-order valence-corrected chi connectivity index (χ4v) is 1.55. The normalized spacial score (nSPS) is 11.7. The van der Waals surface area contributed by atoms with Gasteiger partial charge in [0.05, 0.1) is 7.11 Å². The van der Waals surface area contributed by atoms with Crippen molar-refractivity contribution in [2.24, 2.45) is 7.05 Å². The van der Waals surface area contributed by atoms with Crippen molar-refractivity contribution in [3.8, 4) is 0 Å². The van der Waals surface area contributed by atoms with Gasteiger partial charge in [-0.05, 0) is 18.6 Å². The number of carbonyl (C=O) groups excluding carboxylic acids is 2. The van der Waals surface area contributed by atoms with Crippen LogP contribution in [0.25, 0.3) is 0 Å². The quantitative estimate of drug-likeness (QED) is 0.716. The van der Waals surface area contributed by atoms with Crippen molar-refractivity contribution in [3.05, 3.63) is 24.0 Å². The number of carboxylic acid groups (broad SMARTS) is 1. The molecule has 0 saturated carbocycles. The number of nitrogens with one attached hydrogen (secondary N) is 1. The number of aliphatic carboxylic acids is 1. The molecule has 0 saturated heterocycles. The molecule has 19 heavy (non-hydrogen) atoms. The van der Waals surface area contributed by atoms with Crippen molar-refractivity contribution in [1.82, 2.24) is 9.88 Å². The molecule has 0 aliphatic rings. The number of amides is 1. The molecule has 1 rings (SSSR count). The van der Waals surface area contributed by atoms with E-state index in [4.69, 9.17) is 5.11 Å². The Hall–Kier alpha value is -2.31. The number of aromatic nitrogens is 1. The van der Waals surface area contributed by atoms with Gasteiger partial charge in [0, 0.05) is 19.7 Å². The lowest BCUT2D eigenvalue weighted by Crippen LogP contribution is -2.41. The number of hydrogen-bond donors (Lipinski definition) is 2. The van der Waals surface area contributed by atoms with E-state index in [1.807, 2.05) is 0 Å². The van der Waals surface area contributed by atoms with Gasteiger partial charge in [0.2, 0.25) is 0 Å². The standard InChI is InChI=1S/C12H16N2O5/c1-14-7-3-4-9(14)11(16)13-8(12(17)18)5-6-10(15)19-2/h3-4,7-8H,5-6H2,1-2H3,(H,13,16)(H,17,18). The molecule has 0 bridgehead atoms. The SMILES string of the molecule is COC(=O)CCC(NC(=O)c1cccn1C)C(=O)O. The Balaban J connectivity index is 2.64. The number of methoxy groups -OCH3 is 1. The lowest BCUT2D eigenvalue weighted by Gasteiger charge is -2.14. The maximum atomic E-state index is 11.8. The number of rotatable bonds is 6. The van der Waals surface area contributed by atoms with Crippen LogP contribution >= 0.6 is 0 Å². The largest absolute Gasteiger partial charge is 0.480 e. The Morgan fingerprint density at radius 2 is 2.16 bits per heavy atom. The summed E-state index contributed by atoms with van der Waals surface area (Å²) in [5, 5.41) is 11.4. The second-order valence-electron chi connectivity index (χ2n) is 3.98. The van der Waals surface area contributed by atoms with Gasteiger partial charge in [-0.15, -0.1) is 0 Å². The summed E-state index contributed by atoms with van der Waals surface area (Å²) < 4.78 is 6.01. The number of carboxylic acids is 1. The molecule has 1 atom stereocenters. The van der Waals surface area contributed by atoms with Crippen LogP contribution in [0.15, 0.2) is 18.3 Å². The summed E-state index contributed by atoms with van der Waals surface area (Å²) in [5.41, 5.74) is 0.351. The van der Waals surface area contributed by atoms with Crippen molar-refractivity contribution in [1.29, 1.82) is 0 Å². The molecule has 104 valence electrons. The van der Waals surface area contributed by atoms with Gasteiger partial charge in [0.15, 0.2) is 0 Å². The van der Waals surface area contributed by atoms with Gasteiger partial charge in [-0.2, -0.15) is 0 Å². The Labute approximate surface area is 110 Å². The van der Waals surface area contributed by atoms with Crippen LogP contribution in [0.2, 0.25) is 0 Å². The van der Waals surface area contributed by atoms with Crippen molar-refractivity contribution in [2.75, 3.05) is 7.11 Å². The van der Waals surface area contributed by atoms with Crippen LogP contribution in [0.4, 0.5) is 0 Å². The second-order valence-corrected chi connectivity index (χ2v) is 3.98. The van der Waals surface area contributed by atoms with E-state index in [1.54, 1.807) is 29.9 Å². The van der Waals surface area contributed by atoms with Crippen LogP contribution in [0.3, 0.4) is 0 Å². The zero-order valence-corrected chi connectivity index (χ0v) is 10.8. The molecule has 7 heteroatoms. The average molecular weight is 268 g/mol. The summed E-state index contributed by atoms with van der Waals surface area (Å²) in [5.74, 6) is -2.20. The van der Waals surface area contributed by atoms with Crippen LogP contribution < -0.4 is 5.32 Å². The van der Waals surface area contributed by atoms with Gasteiger partial charge in [-0.1, -0.05) is 0 Å². The third-order valence-electron chi connectivity index (χ3n) is 2.64. The van der Waals surface area contributed by atoms with Crippen LogP contribution in [-0.4, -0.2) is 40.7 Å². The Kier molecular flexibility index (Phi) is 5.11. The first kappa shape index (κ1) is 14.7. The first-order valence-corrected chi connectivity index (χ1v) is 5.67. The minimum absolute atomic E-state index is 0.0157. The second kappa shape index (κ2) is 6.58. The molecule has 7 nitrogen and oxygen atoms in total. The highest BCUT2D eigenvalue weighted by Gasteiger charge is 2.22. The van der Waals surface area contributed by atoms with E-state index >= 15 is 0 Å². The van der Waals surface area contributed by atoms with Gasteiger partial charge in [0.1, 0.15) is 11.7 Å². The van der Waals surface area contributed by atoms with Crippen molar-refractivity contribution >= 4 is 17.8 Å². The lowest BCUT2D eigenvalue weighted by atomic mass is 10.1. The summed E-state index contributed by atoms with van der Waals surface area (Å²) >= 11 is 0. The third kappa shape index (κ3) is 4.13. The molecule has 0 radical (unpaired) electrons. The van der Waals surface area contributed by atoms with Crippen LogP contribution in [-0.2, 0) is 21.4 Å². The third-order valence-corrected chi connectivity index (χ3v) is 2.64. The summed E-state index contributed by atoms with van der Waals surface area (Å²) in [4.78, 5) is 33.8. The van der Waals surface area contributed by atoms with Gasteiger partial charge in [-0.3, -0.25) is 9.59 Å². The van der Waals surface area contributed by atoms with E-state index in [-0.39, 0.29) is 12.8 Å². The molecule has 1 aromatic heterocycles. The number of nitrogens with zero attached hydrogens (tertiary/aromatic N) is 1. The first-order chi connectivity index (χ1) is 8.95. The summed E-state index contributed by atoms with van der Waals surface area (Å²) in [6.07, 6.45) is 1.60. The highest BCUT2D eigenvalue weighted by molar-refractivity contribution is 5.95. The molecule has 1 aromatic rings. The predicted molar refractivity (Wildman–Crippen MR) is 65.6 cm³/mol. The van der Waals surface area contributed by atoms with Crippen molar-refractivity contribution in [3.63, 3.8) is 0 Å². The van der Waals surface area contributed by atoms with Gasteiger partial charge >= 0.3 is 11.9 Å². The molecule has 1 amide bonds. The van der Waals surface area contributed by atoms with Gasteiger partial charge < -0.3 is 19.7 Å². The molecule has 1 heterocycles. The monoisotopic (exact) mass is 268 g/mol. The van der Waals surface area contributed by atoms with Crippen molar-refractivity contribution < 1.29 is 24.2 Å².